The largest absolute Gasteiger partial charge is 0.495 e. The van der Waals surface area contributed by atoms with E-state index in [9.17, 15) is 13.2 Å². The van der Waals surface area contributed by atoms with E-state index in [-0.39, 0.29) is 5.56 Å². The van der Waals surface area contributed by atoms with Crippen LogP contribution >= 0.6 is 0 Å². The highest BCUT2D eigenvalue weighted by molar-refractivity contribution is 5.69. The molecule has 1 aliphatic heterocycles. The third-order valence-corrected chi connectivity index (χ3v) is 5.92. The van der Waals surface area contributed by atoms with Crippen molar-refractivity contribution in [3.8, 4) is 11.4 Å². The molecule has 0 bridgehead atoms. The maximum atomic E-state index is 13.5. The molecule has 0 unspecified atom stereocenters. The standard InChI is InChI=1S/C25H22F3N5O/c1-16-14-32(15-29-16)21-9-7-17(13-22(21)34-2)8-10-23-30-24-19(11-12-33(24)31-23)18-5-3-4-6-20(18)25(26,27)28/h3-10,13-15,19H,11-12H2,1-2H3/b10-8+/t19-/m0/s1. The molecule has 1 aliphatic rings. The van der Waals surface area contributed by atoms with Crippen molar-refractivity contribution in [1.29, 1.82) is 0 Å². The number of aryl methyl sites for hydroxylation is 2. The van der Waals surface area contributed by atoms with E-state index in [4.69, 9.17) is 4.74 Å². The monoisotopic (exact) mass is 465 g/mol. The first-order valence-electron chi connectivity index (χ1n) is 10.8. The zero-order valence-electron chi connectivity index (χ0n) is 18.6. The van der Waals surface area contributed by atoms with Crippen molar-refractivity contribution in [3.05, 3.63) is 89.0 Å². The van der Waals surface area contributed by atoms with Crippen molar-refractivity contribution in [2.75, 3.05) is 7.11 Å². The Bertz CT molecular complexity index is 1370. The molecule has 0 aliphatic carbocycles. The molecule has 4 aromatic rings. The third kappa shape index (κ3) is 4.09. The number of fused-ring (bicyclic) bond motifs is 1. The quantitative estimate of drug-likeness (QED) is 0.390. The van der Waals surface area contributed by atoms with Gasteiger partial charge in [0.25, 0.3) is 0 Å². The van der Waals surface area contributed by atoms with Gasteiger partial charge in [0.2, 0.25) is 0 Å². The number of ether oxygens (including phenoxy) is 1. The van der Waals surface area contributed by atoms with Crippen LogP contribution in [-0.4, -0.2) is 31.4 Å². The molecule has 3 heterocycles. The number of halogens is 3. The average molecular weight is 465 g/mol. The van der Waals surface area contributed by atoms with E-state index in [0.717, 1.165) is 23.0 Å². The molecule has 9 heteroatoms. The number of methoxy groups -OCH3 is 1. The molecule has 5 rings (SSSR count). The van der Waals surface area contributed by atoms with Gasteiger partial charge in [0.1, 0.15) is 11.6 Å². The number of alkyl halides is 3. The van der Waals surface area contributed by atoms with Gasteiger partial charge in [0, 0.05) is 18.7 Å². The van der Waals surface area contributed by atoms with Gasteiger partial charge < -0.3 is 9.30 Å². The highest BCUT2D eigenvalue weighted by atomic mass is 19.4. The van der Waals surface area contributed by atoms with Crippen molar-refractivity contribution in [3.63, 3.8) is 0 Å². The summed E-state index contributed by atoms with van der Waals surface area (Å²) in [4.78, 5) is 8.80. The topological polar surface area (TPSA) is 57.8 Å². The maximum Gasteiger partial charge on any atom is 0.416 e. The molecular formula is C25H22F3N5O. The molecule has 0 spiro atoms. The van der Waals surface area contributed by atoms with Gasteiger partial charge >= 0.3 is 6.18 Å². The fourth-order valence-electron chi connectivity index (χ4n) is 4.33. The van der Waals surface area contributed by atoms with Crippen LogP contribution in [-0.2, 0) is 12.7 Å². The Kier molecular flexibility index (Phi) is 5.47. The molecule has 1 atom stereocenters. The summed E-state index contributed by atoms with van der Waals surface area (Å²) in [6.07, 6.45) is 3.39. The van der Waals surface area contributed by atoms with Crippen molar-refractivity contribution in [2.24, 2.45) is 0 Å². The average Bonchev–Trinajstić information content (AvgIpc) is 3.52. The van der Waals surface area contributed by atoms with Gasteiger partial charge in [-0.25, -0.2) is 14.6 Å². The van der Waals surface area contributed by atoms with E-state index in [1.54, 1.807) is 30.3 Å². The lowest BCUT2D eigenvalue weighted by Crippen LogP contribution is -2.12. The van der Waals surface area contributed by atoms with Gasteiger partial charge in [-0.15, -0.1) is 0 Å². The van der Waals surface area contributed by atoms with Crippen molar-refractivity contribution in [1.82, 2.24) is 24.3 Å². The highest BCUT2D eigenvalue weighted by Gasteiger charge is 2.38. The predicted molar refractivity (Wildman–Crippen MR) is 122 cm³/mol. The Balaban J connectivity index is 1.41. The van der Waals surface area contributed by atoms with Crippen LogP contribution in [0.15, 0.2) is 55.0 Å². The minimum Gasteiger partial charge on any atom is -0.495 e. The third-order valence-electron chi connectivity index (χ3n) is 5.92. The number of benzene rings is 2. The second kappa shape index (κ2) is 8.48. The second-order valence-corrected chi connectivity index (χ2v) is 8.16. The molecule has 34 heavy (non-hydrogen) atoms. The van der Waals surface area contributed by atoms with Crippen LogP contribution in [0.4, 0.5) is 13.2 Å². The summed E-state index contributed by atoms with van der Waals surface area (Å²) in [5.74, 6) is 1.26. The Morgan fingerprint density at radius 3 is 2.68 bits per heavy atom. The fourth-order valence-corrected chi connectivity index (χ4v) is 4.33. The highest BCUT2D eigenvalue weighted by Crippen LogP contribution is 2.40. The summed E-state index contributed by atoms with van der Waals surface area (Å²) in [7, 11) is 1.61. The first-order chi connectivity index (χ1) is 16.3. The number of hydrogen-bond acceptors (Lipinski definition) is 4. The molecule has 6 nitrogen and oxygen atoms in total. The van der Waals surface area contributed by atoms with E-state index in [1.165, 1.54) is 12.1 Å². The fraction of sp³-hybridized carbons (Fsp3) is 0.240. The molecule has 0 radical (unpaired) electrons. The lowest BCUT2D eigenvalue weighted by molar-refractivity contribution is -0.138. The first kappa shape index (κ1) is 21.9. The molecule has 2 aromatic heterocycles. The Labute approximate surface area is 194 Å². The summed E-state index contributed by atoms with van der Waals surface area (Å²) in [6.45, 7) is 2.45. The molecule has 2 aromatic carbocycles. The zero-order chi connectivity index (χ0) is 23.9. The Hall–Kier alpha value is -3.88. The van der Waals surface area contributed by atoms with Gasteiger partial charge in [-0.05, 0) is 48.7 Å². The van der Waals surface area contributed by atoms with Gasteiger partial charge in [-0.1, -0.05) is 30.3 Å². The number of imidazole rings is 1. The second-order valence-electron chi connectivity index (χ2n) is 8.16. The van der Waals surface area contributed by atoms with Crippen LogP contribution in [0.25, 0.3) is 17.8 Å². The molecule has 174 valence electrons. The van der Waals surface area contributed by atoms with Crippen molar-refractivity contribution < 1.29 is 17.9 Å². The van der Waals surface area contributed by atoms with Gasteiger partial charge in [-0.2, -0.15) is 18.3 Å². The van der Waals surface area contributed by atoms with Gasteiger partial charge in [-0.3, -0.25) is 0 Å². The molecule has 0 saturated heterocycles. The molecule has 0 saturated carbocycles. The van der Waals surface area contributed by atoms with Crippen molar-refractivity contribution in [2.45, 2.75) is 32.0 Å². The van der Waals surface area contributed by atoms with E-state index in [0.29, 0.717) is 30.4 Å². The molecule has 0 N–H and O–H groups in total. The van der Waals surface area contributed by atoms with Gasteiger partial charge in [0.05, 0.1) is 30.4 Å². The van der Waals surface area contributed by atoms with Crippen LogP contribution < -0.4 is 4.74 Å². The molecule has 0 amide bonds. The van der Waals surface area contributed by atoms with Gasteiger partial charge in [0.15, 0.2) is 5.82 Å². The predicted octanol–water partition coefficient (Wildman–Crippen LogP) is 5.51. The summed E-state index contributed by atoms with van der Waals surface area (Å²) < 4.78 is 49.7. The lowest BCUT2D eigenvalue weighted by atomic mass is 9.92. The van der Waals surface area contributed by atoms with Crippen LogP contribution in [0, 0.1) is 6.92 Å². The normalized spacial score (nSPS) is 15.7. The Morgan fingerprint density at radius 1 is 1.12 bits per heavy atom. The minimum absolute atomic E-state index is 0.242. The van der Waals surface area contributed by atoms with E-state index >= 15 is 0 Å². The number of hydrogen-bond donors (Lipinski definition) is 0. The molecular weight excluding hydrogens is 443 g/mol. The maximum absolute atomic E-state index is 13.5. The zero-order valence-corrected chi connectivity index (χ0v) is 18.6. The SMILES string of the molecule is COc1cc(/C=C/c2nc3n(n2)CC[C@H]3c2ccccc2C(F)(F)F)ccc1-n1cnc(C)c1. The van der Waals surface area contributed by atoms with E-state index < -0.39 is 17.7 Å². The lowest BCUT2D eigenvalue weighted by Gasteiger charge is -2.16. The summed E-state index contributed by atoms with van der Waals surface area (Å²) in [6, 6.07) is 11.5. The van der Waals surface area contributed by atoms with E-state index in [2.05, 4.69) is 15.1 Å². The Morgan fingerprint density at radius 2 is 1.94 bits per heavy atom. The smallest absolute Gasteiger partial charge is 0.416 e. The van der Waals surface area contributed by atoms with Crippen molar-refractivity contribution >= 4 is 12.2 Å². The first-order valence-corrected chi connectivity index (χ1v) is 10.8. The number of nitrogens with zero attached hydrogens (tertiary/aromatic N) is 5. The van der Waals surface area contributed by atoms with Crippen LogP contribution in [0.2, 0.25) is 0 Å². The molecule has 0 fully saturated rings. The van der Waals surface area contributed by atoms with Crippen LogP contribution in [0.1, 0.15) is 46.4 Å². The van der Waals surface area contributed by atoms with Crippen LogP contribution in [0.3, 0.4) is 0 Å². The summed E-state index contributed by atoms with van der Waals surface area (Å²) in [5, 5.41) is 4.48. The van der Waals surface area contributed by atoms with E-state index in [1.807, 2.05) is 42.0 Å². The number of aromatic nitrogens is 5. The number of rotatable bonds is 5. The minimum atomic E-state index is -4.41. The van der Waals surface area contributed by atoms with Crippen LogP contribution in [0.5, 0.6) is 5.75 Å². The summed E-state index contributed by atoms with van der Waals surface area (Å²) >= 11 is 0. The summed E-state index contributed by atoms with van der Waals surface area (Å²) in [5.41, 5.74) is 2.28.